The van der Waals surface area contributed by atoms with Gasteiger partial charge in [-0.25, -0.2) is 0 Å². The standard InChI is InChI=1S/C17H29N3/c1-3-15(18)17(16-12-8-9-13-19-16)20(4-2)14-10-6-5-7-11-14/h8-9,12-15,17H,3-7,10-11,18H2,1-2H3. The molecule has 0 amide bonds. The molecule has 3 heteroatoms. The average Bonchev–Trinajstić information content (AvgIpc) is 2.53. The molecule has 2 N–H and O–H groups in total. The zero-order chi connectivity index (χ0) is 14.4. The molecular formula is C17H29N3. The lowest BCUT2D eigenvalue weighted by molar-refractivity contribution is 0.0908. The van der Waals surface area contributed by atoms with Gasteiger partial charge in [-0.05, 0) is 37.9 Å². The van der Waals surface area contributed by atoms with Crippen molar-refractivity contribution in [2.45, 2.75) is 70.5 Å². The van der Waals surface area contributed by atoms with E-state index < -0.39 is 0 Å². The van der Waals surface area contributed by atoms with Gasteiger partial charge in [0, 0.05) is 18.3 Å². The van der Waals surface area contributed by atoms with Crippen molar-refractivity contribution in [3.63, 3.8) is 0 Å². The Balaban J connectivity index is 2.23. The van der Waals surface area contributed by atoms with Crippen molar-refractivity contribution in [1.82, 2.24) is 9.88 Å². The van der Waals surface area contributed by atoms with Crippen molar-refractivity contribution in [2.24, 2.45) is 5.73 Å². The van der Waals surface area contributed by atoms with E-state index in [-0.39, 0.29) is 12.1 Å². The molecule has 0 aromatic carbocycles. The highest BCUT2D eigenvalue weighted by Crippen LogP contribution is 2.31. The summed E-state index contributed by atoms with van der Waals surface area (Å²) in [6.45, 7) is 5.49. The normalized spacial score (nSPS) is 20.0. The Morgan fingerprint density at radius 1 is 1.25 bits per heavy atom. The molecular weight excluding hydrogens is 246 g/mol. The molecule has 1 aromatic rings. The highest BCUT2D eigenvalue weighted by molar-refractivity contribution is 5.12. The van der Waals surface area contributed by atoms with Gasteiger partial charge in [0.2, 0.25) is 0 Å². The lowest BCUT2D eigenvalue weighted by atomic mass is 9.90. The second kappa shape index (κ2) is 7.75. The summed E-state index contributed by atoms with van der Waals surface area (Å²) in [4.78, 5) is 7.20. The van der Waals surface area contributed by atoms with Crippen LogP contribution in [0.5, 0.6) is 0 Å². The van der Waals surface area contributed by atoms with E-state index in [4.69, 9.17) is 5.73 Å². The predicted octanol–water partition coefficient (Wildman–Crippen LogP) is 3.51. The molecule has 2 unspecified atom stereocenters. The minimum atomic E-state index is 0.159. The van der Waals surface area contributed by atoms with Gasteiger partial charge >= 0.3 is 0 Å². The summed E-state index contributed by atoms with van der Waals surface area (Å²) in [5.74, 6) is 0. The summed E-state index contributed by atoms with van der Waals surface area (Å²) >= 11 is 0. The first-order valence-corrected chi connectivity index (χ1v) is 8.20. The first-order valence-electron chi connectivity index (χ1n) is 8.20. The van der Waals surface area contributed by atoms with Crippen LogP contribution < -0.4 is 5.73 Å². The lowest BCUT2D eigenvalue weighted by Gasteiger charge is -2.41. The summed E-state index contributed by atoms with van der Waals surface area (Å²) in [6, 6.07) is 7.28. The third-order valence-corrected chi connectivity index (χ3v) is 4.63. The van der Waals surface area contributed by atoms with E-state index in [0.29, 0.717) is 6.04 Å². The van der Waals surface area contributed by atoms with Crippen LogP contribution in [-0.4, -0.2) is 28.5 Å². The van der Waals surface area contributed by atoms with Gasteiger partial charge in [-0.2, -0.15) is 0 Å². The van der Waals surface area contributed by atoms with Crippen LogP contribution in [0.25, 0.3) is 0 Å². The van der Waals surface area contributed by atoms with Crippen LogP contribution in [0.3, 0.4) is 0 Å². The lowest BCUT2D eigenvalue weighted by Crippen LogP contribution is -2.47. The molecule has 3 nitrogen and oxygen atoms in total. The van der Waals surface area contributed by atoms with Crippen LogP contribution in [0.4, 0.5) is 0 Å². The SMILES string of the molecule is CCC(N)C(c1ccccn1)N(CC)C1CCCCC1. The molecule has 0 aliphatic heterocycles. The molecule has 1 aliphatic carbocycles. The number of pyridine rings is 1. The fraction of sp³-hybridized carbons (Fsp3) is 0.706. The number of hydrogen-bond acceptors (Lipinski definition) is 3. The minimum absolute atomic E-state index is 0.159. The number of hydrogen-bond donors (Lipinski definition) is 1. The van der Waals surface area contributed by atoms with E-state index in [1.807, 2.05) is 12.3 Å². The second-order valence-corrected chi connectivity index (χ2v) is 5.89. The van der Waals surface area contributed by atoms with Crippen LogP contribution in [0.2, 0.25) is 0 Å². The predicted molar refractivity (Wildman–Crippen MR) is 84.5 cm³/mol. The molecule has 0 saturated heterocycles. The quantitative estimate of drug-likeness (QED) is 0.864. The summed E-state index contributed by atoms with van der Waals surface area (Å²) in [6.07, 6.45) is 9.61. The second-order valence-electron chi connectivity index (χ2n) is 5.89. The van der Waals surface area contributed by atoms with Gasteiger partial charge < -0.3 is 5.73 Å². The zero-order valence-corrected chi connectivity index (χ0v) is 13.0. The van der Waals surface area contributed by atoms with Crippen LogP contribution >= 0.6 is 0 Å². The van der Waals surface area contributed by atoms with Gasteiger partial charge in [-0.3, -0.25) is 9.88 Å². The molecule has 20 heavy (non-hydrogen) atoms. The van der Waals surface area contributed by atoms with Crippen molar-refractivity contribution < 1.29 is 0 Å². The molecule has 0 radical (unpaired) electrons. The fourth-order valence-electron chi connectivity index (χ4n) is 3.50. The summed E-state index contributed by atoms with van der Waals surface area (Å²) < 4.78 is 0. The molecule has 112 valence electrons. The first kappa shape index (κ1) is 15.5. The molecule has 0 bridgehead atoms. The van der Waals surface area contributed by atoms with E-state index in [1.165, 1.54) is 32.1 Å². The Morgan fingerprint density at radius 3 is 2.55 bits per heavy atom. The molecule has 1 heterocycles. The molecule has 2 atom stereocenters. The van der Waals surface area contributed by atoms with Gasteiger partial charge in [0.15, 0.2) is 0 Å². The van der Waals surface area contributed by atoms with Crippen LogP contribution in [-0.2, 0) is 0 Å². The van der Waals surface area contributed by atoms with Gasteiger partial charge in [-0.1, -0.05) is 39.2 Å². The average molecular weight is 275 g/mol. The van der Waals surface area contributed by atoms with E-state index in [2.05, 4.69) is 35.9 Å². The van der Waals surface area contributed by atoms with E-state index >= 15 is 0 Å². The molecule has 0 spiro atoms. The topological polar surface area (TPSA) is 42.1 Å². The van der Waals surface area contributed by atoms with Crippen molar-refractivity contribution in [3.05, 3.63) is 30.1 Å². The Morgan fingerprint density at radius 2 is 2.00 bits per heavy atom. The Kier molecular flexibility index (Phi) is 5.99. The zero-order valence-electron chi connectivity index (χ0n) is 13.0. The maximum Gasteiger partial charge on any atom is 0.0675 e. The third-order valence-electron chi connectivity index (χ3n) is 4.63. The van der Waals surface area contributed by atoms with Crippen molar-refractivity contribution in [3.8, 4) is 0 Å². The summed E-state index contributed by atoms with van der Waals surface area (Å²) in [5, 5.41) is 0. The highest BCUT2D eigenvalue weighted by atomic mass is 15.2. The number of aromatic nitrogens is 1. The molecule has 1 aromatic heterocycles. The monoisotopic (exact) mass is 275 g/mol. The number of likely N-dealkylation sites (N-methyl/N-ethyl adjacent to an activating group) is 1. The van der Waals surface area contributed by atoms with Crippen LogP contribution in [0, 0.1) is 0 Å². The van der Waals surface area contributed by atoms with Crippen molar-refractivity contribution in [1.29, 1.82) is 0 Å². The van der Waals surface area contributed by atoms with Gasteiger partial charge in [0.1, 0.15) is 0 Å². The number of nitrogens with zero attached hydrogens (tertiary/aromatic N) is 2. The smallest absolute Gasteiger partial charge is 0.0675 e. The first-order chi connectivity index (χ1) is 9.77. The van der Waals surface area contributed by atoms with E-state index in [1.54, 1.807) is 0 Å². The largest absolute Gasteiger partial charge is 0.326 e. The number of nitrogens with two attached hydrogens (primary N) is 1. The maximum absolute atomic E-state index is 6.45. The molecule has 1 fully saturated rings. The molecule has 1 aliphatic rings. The summed E-state index contributed by atoms with van der Waals surface area (Å²) in [7, 11) is 0. The third kappa shape index (κ3) is 3.58. The van der Waals surface area contributed by atoms with Crippen molar-refractivity contribution in [2.75, 3.05) is 6.54 Å². The summed E-state index contributed by atoms with van der Waals surface area (Å²) in [5.41, 5.74) is 7.58. The Labute approximate surface area is 123 Å². The van der Waals surface area contributed by atoms with Gasteiger partial charge in [0.25, 0.3) is 0 Å². The van der Waals surface area contributed by atoms with Gasteiger partial charge in [-0.15, -0.1) is 0 Å². The highest BCUT2D eigenvalue weighted by Gasteiger charge is 2.31. The van der Waals surface area contributed by atoms with E-state index in [0.717, 1.165) is 18.7 Å². The minimum Gasteiger partial charge on any atom is -0.326 e. The van der Waals surface area contributed by atoms with Crippen molar-refractivity contribution >= 4 is 0 Å². The number of rotatable bonds is 6. The molecule has 2 rings (SSSR count). The van der Waals surface area contributed by atoms with Crippen LogP contribution in [0.1, 0.15) is 64.1 Å². The fourth-order valence-corrected chi connectivity index (χ4v) is 3.50. The Bertz CT molecular complexity index is 373. The molecule has 1 saturated carbocycles. The van der Waals surface area contributed by atoms with Crippen LogP contribution in [0.15, 0.2) is 24.4 Å². The van der Waals surface area contributed by atoms with E-state index in [9.17, 15) is 0 Å². The maximum atomic E-state index is 6.45. The van der Waals surface area contributed by atoms with Gasteiger partial charge in [0.05, 0.1) is 11.7 Å². The Hall–Kier alpha value is -0.930.